The Morgan fingerprint density at radius 2 is 1.95 bits per heavy atom. The summed E-state index contributed by atoms with van der Waals surface area (Å²) in [6, 6.07) is 0.671. The van der Waals surface area contributed by atoms with E-state index in [-0.39, 0.29) is 0 Å². The van der Waals surface area contributed by atoms with Crippen molar-refractivity contribution in [3.05, 3.63) is 0 Å². The van der Waals surface area contributed by atoms with Crippen LogP contribution in [0.4, 0.5) is 0 Å². The van der Waals surface area contributed by atoms with Gasteiger partial charge >= 0.3 is 0 Å². The molecule has 0 amide bonds. The molecular weight excluding hydrogens is 248 g/mol. The SMILES string of the molecule is CCCC1CN(CC2CCC(C)O2)C(CC)(CC)CN1. The van der Waals surface area contributed by atoms with E-state index in [9.17, 15) is 0 Å². The minimum Gasteiger partial charge on any atom is -0.374 e. The molecule has 0 aliphatic carbocycles. The first-order valence-electron chi connectivity index (χ1n) is 8.77. The highest BCUT2D eigenvalue weighted by molar-refractivity contribution is 4.98. The first-order valence-corrected chi connectivity index (χ1v) is 8.77. The lowest BCUT2D eigenvalue weighted by molar-refractivity contribution is -0.0275. The summed E-state index contributed by atoms with van der Waals surface area (Å²) < 4.78 is 6.08. The van der Waals surface area contributed by atoms with E-state index in [1.54, 1.807) is 0 Å². The lowest BCUT2D eigenvalue weighted by Crippen LogP contribution is -2.65. The molecule has 0 aromatic rings. The molecule has 3 nitrogen and oxygen atoms in total. The summed E-state index contributed by atoms with van der Waals surface area (Å²) in [5.41, 5.74) is 0.347. The van der Waals surface area contributed by atoms with Gasteiger partial charge in [-0.3, -0.25) is 4.90 Å². The molecule has 3 unspecified atom stereocenters. The molecule has 3 heteroatoms. The van der Waals surface area contributed by atoms with Crippen molar-refractivity contribution in [2.45, 2.75) is 90.0 Å². The molecule has 2 aliphatic heterocycles. The fraction of sp³-hybridized carbons (Fsp3) is 1.00. The van der Waals surface area contributed by atoms with Crippen molar-refractivity contribution in [3.8, 4) is 0 Å². The van der Waals surface area contributed by atoms with Gasteiger partial charge in [-0.25, -0.2) is 0 Å². The molecule has 2 rings (SSSR count). The van der Waals surface area contributed by atoms with E-state index in [1.165, 1.54) is 45.1 Å². The smallest absolute Gasteiger partial charge is 0.0706 e. The van der Waals surface area contributed by atoms with E-state index in [1.807, 2.05) is 0 Å². The third-order valence-corrected chi connectivity index (χ3v) is 5.53. The molecule has 20 heavy (non-hydrogen) atoms. The Bertz CT molecular complexity index is 291. The van der Waals surface area contributed by atoms with Gasteiger partial charge in [-0.1, -0.05) is 27.2 Å². The lowest BCUT2D eigenvalue weighted by Gasteiger charge is -2.50. The number of nitrogens with one attached hydrogen (secondary N) is 1. The van der Waals surface area contributed by atoms with Crippen LogP contribution in [-0.4, -0.2) is 48.3 Å². The highest BCUT2D eigenvalue weighted by atomic mass is 16.5. The highest BCUT2D eigenvalue weighted by Crippen LogP contribution is 2.30. The fourth-order valence-electron chi connectivity index (χ4n) is 3.99. The molecule has 0 radical (unpaired) electrons. The molecule has 2 saturated heterocycles. The summed E-state index contributed by atoms with van der Waals surface area (Å²) in [6.07, 6.45) is 8.44. The van der Waals surface area contributed by atoms with Crippen LogP contribution in [0.1, 0.15) is 66.2 Å². The summed E-state index contributed by atoms with van der Waals surface area (Å²) in [5.74, 6) is 0. The molecule has 2 heterocycles. The summed E-state index contributed by atoms with van der Waals surface area (Å²) in [7, 11) is 0. The molecule has 1 N–H and O–H groups in total. The van der Waals surface area contributed by atoms with Crippen LogP contribution >= 0.6 is 0 Å². The van der Waals surface area contributed by atoms with Crippen molar-refractivity contribution in [3.63, 3.8) is 0 Å². The van der Waals surface area contributed by atoms with Gasteiger partial charge in [0.25, 0.3) is 0 Å². The molecule has 0 aromatic heterocycles. The van der Waals surface area contributed by atoms with Gasteiger partial charge in [-0.05, 0) is 39.0 Å². The van der Waals surface area contributed by atoms with E-state index in [0.29, 0.717) is 23.8 Å². The van der Waals surface area contributed by atoms with Gasteiger partial charge in [0.2, 0.25) is 0 Å². The number of nitrogens with zero attached hydrogens (tertiary/aromatic N) is 1. The van der Waals surface area contributed by atoms with E-state index in [4.69, 9.17) is 4.74 Å². The predicted molar refractivity (Wildman–Crippen MR) is 85.2 cm³/mol. The molecule has 0 aromatic carbocycles. The zero-order valence-electron chi connectivity index (χ0n) is 14.0. The summed E-state index contributed by atoms with van der Waals surface area (Å²) in [6.45, 7) is 12.7. The molecule has 118 valence electrons. The fourth-order valence-corrected chi connectivity index (χ4v) is 3.99. The molecule has 2 aliphatic rings. The molecule has 0 spiro atoms. The van der Waals surface area contributed by atoms with E-state index >= 15 is 0 Å². The Kier molecular flexibility index (Phi) is 5.88. The Hall–Kier alpha value is -0.120. The van der Waals surface area contributed by atoms with Crippen LogP contribution in [0.25, 0.3) is 0 Å². The number of rotatable bonds is 6. The minimum atomic E-state index is 0.347. The van der Waals surface area contributed by atoms with E-state index in [0.717, 1.165) is 13.1 Å². The number of ether oxygens (including phenoxy) is 1. The van der Waals surface area contributed by atoms with Gasteiger partial charge in [0, 0.05) is 31.2 Å². The first kappa shape index (κ1) is 16.3. The van der Waals surface area contributed by atoms with Crippen LogP contribution in [0.2, 0.25) is 0 Å². The molecule has 0 saturated carbocycles. The van der Waals surface area contributed by atoms with Gasteiger partial charge in [0.15, 0.2) is 0 Å². The summed E-state index contributed by atoms with van der Waals surface area (Å²) in [4.78, 5) is 2.76. The molecular formula is C17H34N2O. The second kappa shape index (κ2) is 7.24. The normalized spacial score (nSPS) is 34.5. The molecule has 2 fully saturated rings. The maximum atomic E-state index is 6.08. The van der Waals surface area contributed by atoms with Crippen LogP contribution in [-0.2, 0) is 4.74 Å². The quantitative estimate of drug-likeness (QED) is 0.810. The minimum absolute atomic E-state index is 0.347. The van der Waals surface area contributed by atoms with Crippen LogP contribution in [0.5, 0.6) is 0 Å². The van der Waals surface area contributed by atoms with Crippen LogP contribution in [0, 0.1) is 0 Å². The van der Waals surface area contributed by atoms with Crippen molar-refractivity contribution in [2.24, 2.45) is 0 Å². The third kappa shape index (κ3) is 3.55. The van der Waals surface area contributed by atoms with Crippen molar-refractivity contribution < 1.29 is 4.74 Å². The Labute approximate surface area is 125 Å². The van der Waals surface area contributed by atoms with Gasteiger partial charge in [0.05, 0.1) is 12.2 Å². The van der Waals surface area contributed by atoms with Crippen molar-refractivity contribution in [1.29, 1.82) is 0 Å². The van der Waals surface area contributed by atoms with Gasteiger partial charge in [-0.2, -0.15) is 0 Å². The maximum Gasteiger partial charge on any atom is 0.0706 e. The lowest BCUT2D eigenvalue weighted by atomic mass is 9.86. The van der Waals surface area contributed by atoms with Crippen molar-refractivity contribution in [1.82, 2.24) is 10.2 Å². The van der Waals surface area contributed by atoms with Crippen LogP contribution < -0.4 is 5.32 Å². The average molecular weight is 282 g/mol. The van der Waals surface area contributed by atoms with Gasteiger partial charge in [0.1, 0.15) is 0 Å². The number of piperazine rings is 1. The number of hydrogen-bond donors (Lipinski definition) is 1. The Balaban J connectivity index is 2.01. The second-order valence-corrected chi connectivity index (χ2v) is 6.85. The molecule has 3 atom stereocenters. The van der Waals surface area contributed by atoms with E-state index < -0.39 is 0 Å². The largest absolute Gasteiger partial charge is 0.374 e. The van der Waals surface area contributed by atoms with Gasteiger partial charge < -0.3 is 10.1 Å². The zero-order chi connectivity index (χ0) is 14.6. The van der Waals surface area contributed by atoms with Crippen molar-refractivity contribution >= 4 is 0 Å². The Morgan fingerprint density at radius 1 is 1.20 bits per heavy atom. The maximum absolute atomic E-state index is 6.08. The summed E-state index contributed by atoms with van der Waals surface area (Å²) in [5, 5.41) is 3.79. The summed E-state index contributed by atoms with van der Waals surface area (Å²) >= 11 is 0. The molecule has 0 bridgehead atoms. The van der Waals surface area contributed by atoms with Crippen molar-refractivity contribution in [2.75, 3.05) is 19.6 Å². The zero-order valence-corrected chi connectivity index (χ0v) is 14.0. The van der Waals surface area contributed by atoms with Crippen LogP contribution in [0.3, 0.4) is 0 Å². The van der Waals surface area contributed by atoms with E-state index in [2.05, 4.69) is 37.9 Å². The third-order valence-electron chi connectivity index (χ3n) is 5.53. The predicted octanol–water partition coefficient (Wildman–Crippen LogP) is 3.19. The van der Waals surface area contributed by atoms with Crippen LogP contribution in [0.15, 0.2) is 0 Å². The first-order chi connectivity index (χ1) is 9.63. The second-order valence-electron chi connectivity index (χ2n) is 6.85. The number of hydrogen-bond acceptors (Lipinski definition) is 3. The monoisotopic (exact) mass is 282 g/mol. The van der Waals surface area contributed by atoms with Gasteiger partial charge in [-0.15, -0.1) is 0 Å². The standard InChI is InChI=1S/C17H34N2O/c1-5-8-15-11-19(12-16-10-9-14(4)20-16)17(6-2,7-3)13-18-15/h14-16,18H,5-13H2,1-4H3. The highest BCUT2D eigenvalue weighted by Gasteiger charge is 2.40. The Morgan fingerprint density at radius 3 is 2.50 bits per heavy atom. The topological polar surface area (TPSA) is 24.5 Å². The average Bonchev–Trinajstić information content (AvgIpc) is 2.86.